The van der Waals surface area contributed by atoms with Crippen molar-refractivity contribution < 1.29 is 17.2 Å². The van der Waals surface area contributed by atoms with Crippen LogP contribution in [0.4, 0.5) is 4.39 Å². The molecule has 0 amide bonds. The Hall–Kier alpha value is -2.26. The molecule has 1 fully saturated rings. The van der Waals surface area contributed by atoms with Crippen LogP contribution in [0, 0.1) is 5.82 Å². The first-order chi connectivity index (χ1) is 13.8. The van der Waals surface area contributed by atoms with Gasteiger partial charge in [0, 0.05) is 54.8 Å². The number of piperazine rings is 1. The molecule has 1 aliphatic rings. The van der Waals surface area contributed by atoms with Crippen molar-refractivity contribution in [2.75, 3.05) is 26.2 Å². The summed E-state index contributed by atoms with van der Waals surface area (Å²) < 4.78 is 46.5. The second-order valence-electron chi connectivity index (χ2n) is 6.83. The van der Waals surface area contributed by atoms with Gasteiger partial charge in [-0.15, -0.1) is 0 Å². The van der Waals surface area contributed by atoms with Crippen LogP contribution in [0.15, 0.2) is 62.6 Å². The van der Waals surface area contributed by atoms with E-state index in [1.165, 1.54) is 40.7 Å². The molecule has 0 unspecified atom stereocenters. The minimum atomic E-state index is -3.69. The summed E-state index contributed by atoms with van der Waals surface area (Å²) in [7, 11) is -3.69. The van der Waals surface area contributed by atoms with Crippen LogP contribution in [0.3, 0.4) is 0 Å². The fourth-order valence-electron chi connectivity index (χ4n) is 3.39. The maximum Gasteiger partial charge on any atom is 0.336 e. The zero-order valence-corrected chi connectivity index (χ0v) is 16.9. The molecular formula is C20H18ClFN2O4S. The van der Waals surface area contributed by atoms with Gasteiger partial charge in [-0.25, -0.2) is 17.6 Å². The Labute approximate surface area is 172 Å². The molecule has 0 radical (unpaired) electrons. The summed E-state index contributed by atoms with van der Waals surface area (Å²) in [5.74, 6) is -0.365. The van der Waals surface area contributed by atoms with Crippen molar-refractivity contribution in [1.29, 1.82) is 0 Å². The molecule has 29 heavy (non-hydrogen) atoms. The van der Waals surface area contributed by atoms with E-state index >= 15 is 0 Å². The van der Waals surface area contributed by atoms with Crippen LogP contribution in [-0.4, -0.2) is 43.8 Å². The quantitative estimate of drug-likeness (QED) is 0.588. The number of hydrogen-bond donors (Lipinski definition) is 0. The topological polar surface area (TPSA) is 70.8 Å². The molecule has 2 aromatic carbocycles. The van der Waals surface area contributed by atoms with Gasteiger partial charge in [0.15, 0.2) is 0 Å². The van der Waals surface area contributed by atoms with E-state index in [1.54, 1.807) is 12.1 Å². The molecule has 1 aromatic heterocycles. The molecule has 0 N–H and O–H groups in total. The van der Waals surface area contributed by atoms with Gasteiger partial charge in [-0.3, -0.25) is 4.90 Å². The molecule has 1 saturated heterocycles. The van der Waals surface area contributed by atoms with Crippen LogP contribution in [-0.2, 0) is 16.6 Å². The SMILES string of the molecule is O=c1ccc2cc(S(=O)(=O)N3CCN(Cc4c(F)cccc4Cl)CC3)ccc2o1. The lowest BCUT2D eigenvalue weighted by atomic mass is 10.2. The number of benzene rings is 2. The number of rotatable bonds is 4. The summed E-state index contributed by atoms with van der Waals surface area (Å²) in [5, 5.41) is 0.904. The van der Waals surface area contributed by atoms with Crippen LogP contribution in [0.2, 0.25) is 5.02 Å². The largest absolute Gasteiger partial charge is 0.423 e. The summed E-state index contributed by atoms with van der Waals surface area (Å²) in [6.45, 7) is 1.83. The Kier molecular flexibility index (Phi) is 5.44. The van der Waals surface area contributed by atoms with Gasteiger partial charge in [0.25, 0.3) is 0 Å². The minimum absolute atomic E-state index is 0.143. The Bertz CT molecular complexity index is 1200. The van der Waals surface area contributed by atoms with Gasteiger partial charge < -0.3 is 4.42 Å². The summed E-state index contributed by atoms with van der Waals surface area (Å²) in [5.41, 5.74) is 0.267. The lowest BCUT2D eigenvalue weighted by molar-refractivity contribution is 0.180. The highest BCUT2D eigenvalue weighted by molar-refractivity contribution is 7.89. The van der Waals surface area contributed by atoms with Gasteiger partial charge in [0.1, 0.15) is 11.4 Å². The van der Waals surface area contributed by atoms with E-state index in [2.05, 4.69) is 0 Å². The van der Waals surface area contributed by atoms with E-state index in [4.69, 9.17) is 16.0 Å². The van der Waals surface area contributed by atoms with Crippen LogP contribution < -0.4 is 5.63 Å². The predicted molar refractivity (Wildman–Crippen MR) is 108 cm³/mol. The second kappa shape index (κ2) is 7.87. The number of hydrogen-bond acceptors (Lipinski definition) is 5. The molecule has 0 spiro atoms. The van der Waals surface area contributed by atoms with Crippen LogP contribution >= 0.6 is 11.6 Å². The Morgan fingerprint density at radius 1 is 1.03 bits per heavy atom. The van der Waals surface area contributed by atoms with Crippen molar-refractivity contribution in [1.82, 2.24) is 9.21 Å². The molecule has 0 saturated carbocycles. The average Bonchev–Trinajstić information content (AvgIpc) is 2.71. The van der Waals surface area contributed by atoms with E-state index in [0.29, 0.717) is 41.2 Å². The molecule has 9 heteroatoms. The first-order valence-electron chi connectivity index (χ1n) is 9.04. The lowest BCUT2D eigenvalue weighted by Crippen LogP contribution is -2.48. The average molecular weight is 437 g/mol. The van der Waals surface area contributed by atoms with Gasteiger partial charge >= 0.3 is 5.63 Å². The van der Waals surface area contributed by atoms with Crippen LogP contribution in [0.25, 0.3) is 11.0 Å². The van der Waals surface area contributed by atoms with Gasteiger partial charge in [-0.1, -0.05) is 17.7 Å². The summed E-state index contributed by atoms with van der Waals surface area (Å²) in [6.07, 6.45) is 0. The first kappa shape index (κ1) is 20.0. The molecule has 4 rings (SSSR count). The third-order valence-corrected chi connectivity index (χ3v) is 7.25. The maximum atomic E-state index is 14.0. The van der Waals surface area contributed by atoms with E-state index in [-0.39, 0.29) is 23.8 Å². The van der Waals surface area contributed by atoms with E-state index < -0.39 is 15.6 Å². The highest BCUT2D eigenvalue weighted by Crippen LogP contribution is 2.24. The van der Waals surface area contributed by atoms with Gasteiger partial charge in [0.2, 0.25) is 10.0 Å². The smallest absolute Gasteiger partial charge is 0.336 e. The predicted octanol–water partition coefficient (Wildman–Crippen LogP) is 3.09. The highest BCUT2D eigenvalue weighted by atomic mass is 35.5. The summed E-state index contributed by atoms with van der Waals surface area (Å²) in [4.78, 5) is 13.4. The number of fused-ring (bicyclic) bond motifs is 1. The molecular weight excluding hydrogens is 419 g/mol. The molecule has 1 aliphatic heterocycles. The van der Waals surface area contributed by atoms with Crippen molar-refractivity contribution in [3.05, 3.63) is 75.4 Å². The molecule has 2 heterocycles. The molecule has 0 atom stereocenters. The summed E-state index contributed by atoms with van der Waals surface area (Å²) in [6, 6.07) is 11.8. The number of sulfonamides is 1. The molecule has 152 valence electrons. The van der Waals surface area contributed by atoms with E-state index in [9.17, 15) is 17.6 Å². The second-order valence-corrected chi connectivity index (χ2v) is 9.18. The Balaban J connectivity index is 1.49. The third-order valence-electron chi connectivity index (χ3n) is 5.00. The lowest BCUT2D eigenvalue weighted by Gasteiger charge is -2.34. The fraction of sp³-hybridized carbons (Fsp3) is 0.250. The van der Waals surface area contributed by atoms with Crippen molar-refractivity contribution in [2.24, 2.45) is 0 Å². The number of nitrogens with zero attached hydrogens (tertiary/aromatic N) is 2. The van der Waals surface area contributed by atoms with Crippen LogP contribution in [0.5, 0.6) is 0 Å². The van der Waals surface area contributed by atoms with E-state index in [0.717, 1.165) is 0 Å². The molecule has 0 aliphatic carbocycles. The third kappa shape index (κ3) is 4.06. The monoisotopic (exact) mass is 436 g/mol. The zero-order valence-electron chi connectivity index (χ0n) is 15.3. The fourth-order valence-corrected chi connectivity index (χ4v) is 5.08. The van der Waals surface area contributed by atoms with Crippen molar-refractivity contribution in [3.8, 4) is 0 Å². The first-order valence-corrected chi connectivity index (χ1v) is 10.9. The standard InChI is InChI=1S/C20H18ClFN2O4S/c21-17-2-1-3-18(22)16(17)13-23-8-10-24(11-9-23)29(26,27)15-5-6-19-14(12-15)4-7-20(25)28-19/h1-7,12H,8-11,13H2. The molecule has 3 aromatic rings. The Morgan fingerprint density at radius 3 is 2.52 bits per heavy atom. The van der Waals surface area contributed by atoms with Gasteiger partial charge in [0.05, 0.1) is 4.90 Å². The number of halogens is 2. The molecule has 0 bridgehead atoms. The van der Waals surface area contributed by atoms with Crippen molar-refractivity contribution in [3.63, 3.8) is 0 Å². The highest BCUT2D eigenvalue weighted by Gasteiger charge is 2.29. The minimum Gasteiger partial charge on any atom is -0.423 e. The normalized spacial score (nSPS) is 16.3. The van der Waals surface area contributed by atoms with Crippen molar-refractivity contribution >= 4 is 32.6 Å². The molecule has 6 nitrogen and oxygen atoms in total. The zero-order chi connectivity index (χ0) is 20.6. The summed E-state index contributed by atoms with van der Waals surface area (Å²) >= 11 is 6.09. The van der Waals surface area contributed by atoms with Gasteiger partial charge in [-0.2, -0.15) is 4.31 Å². The van der Waals surface area contributed by atoms with E-state index in [1.807, 2.05) is 4.90 Å². The van der Waals surface area contributed by atoms with Crippen molar-refractivity contribution in [2.45, 2.75) is 11.4 Å². The van der Waals surface area contributed by atoms with Crippen LogP contribution in [0.1, 0.15) is 5.56 Å². The van der Waals surface area contributed by atoms with Gasteiger partial charge in [-0.05, 0) is 36.4 Å². The Morgan fingerprint density at radius 2 is 1.79 bits per heavy atom. The maximum absolute atomic E-state index is 14.0.